The molecule has 0 aliphatic carbocycles. The number of hydrogen-bond acceptors (Lipinski definition) is 16. The summed E-state index contributed by atoms with van der Waals surface area (Å²) in [5.74, 6) is -8.00. The maximum atomic E-state index is 15.3. The van der Waals surface area contributed by atoms with Crippen molar-refractivity contribution in [3.05, 3.63) is 107 Å². The van der Waals surface area contributed by atoms with Gasteiger partial charge in [-0.1, -0.05) is 104 Å². The summed E-state index contributed by atoms with van der Waals surface area (Å²) in [5.41, 5.74) is 3.64. The molecule has 6 amide bonds. The predicted octanol–water partition coefficient (Wildman–Crippen LogP) is 7.41. The first-order valence-corrected chi connectivity index (χ1v) is 34.2. The van der Waals surface area contributed by atoms with Crippen LogP contribution in [0.1, 0.15) is 176 Å². The molecule has 8 atom stereocenters. The number of ether oxygens (including phenoxy) is 4. The summed E-state index contributed by atoms with van der Waals surface area (Å²) in [7, 11) is 5.52. The van der Waals surface area contributed by atoms with Crippen molar-refractivity contribution >= 4 is 59.3 Å². The fraction of sp³-hybridized carbons (Fsp3) is 0.611. The summed E-state index contributed by atoms with van der Waals surface area (Å²) < 4.78 is 27.8. The number of benzene rings is 2. The van der Waals surface area contributed by atoms with E-state index in [1.165, 1.54) is 42.0 Å². The van der Waals surface area contributed by atoms with Crippen LogP contribution in [0.2, 0.25) is 0 Å². The van der Waals surface area contributed by atoms with Gasteiger partial charge in [0.25, 0.3) is 35.4 Å². The molecule has 4 aromatic rings. The lowest BCUT2D eigenvalue weighted by Crippen LogP contribution is -2.55. The Bertz CT molecular complexity index is 3330. The number of cyclic esters (lactones) is 4. The molecule has 0 unspecified atom stereocenters. The van der Waals surface area contributed by atoms with Crippen molar-refractivity contribution in [1.29, 1.82) is 0 Å². The summed E-state index contributed by atoms with van der Waals surface area (Å²) in [5, 5.41) is 8.93. The summed E-state index contributed by atoms with van der Waals surface area (Å²) >= 11 is 0. The average molecular weight is 1330 g/mol. The van der Waals surface area contributed by atoms with Crippen molar-refractivity contribution in [3.8, 4) is 0 Å². The van der Waals surface area contributed by atoms with Crippen LogP contribution >= 0.6 is 0 Å². The van der Waals surface area contributed by atoms with Crippen LogP contribution in [0.15, 0.2) is 73.3 Å². The summed E-state index contributed by atoms with van der Waals surface area (Å²) in [6, 6.07) is 9.08. The highest BCUT2D eigenvalue weighted by atomic mass is 16.6. The van der Waals surface area contributed by atoms with Gasteiger partial charge in [0.15, 0.2) is 24.4 Å². The highest BCUT2D eigenvalue weighted by Gasteiger charge is 2.43. The smallest absolute Gasteiger partial charge is 0.329 e. The Balaban J connectivity index is 1.22. The first-order valence-electron chi connectivity index (χ1n) is 34.2. The maximum absolute atomic E-state index is 15.3. The molecule has 24 heteroatoms. The normalized spacial score (nSPS) is 23.2. The van der Waals surface area contributed by atoms with Crippen molar-refractivity contribution in [2.45, 2.75) is 208 Å². The zero-order chi connectivity index (χ0) is 70.2. The average Bonchev–Trinajstić information content (AvgIpc) is 1.03. The van der Waals surface area contributed by atoms with E-state index < -0.39 is 96.1 Å². The fourth-order valence-corrected chi connectivity index (χ4v) is 12.6. The van der Waals surface area contributed by atoms with Gasteiger partial charge in [0, 0.05) is 79.6 Å². The van der Waals surface area contributed by atoms with Crippen LogP contribution in [0.3, 0.4) is 0 Å². The van der Waals surface area contributed by atoms with Gasteiger partial charge >= 0.3 is 23.9 Å². The molecule has 7 rings (SSSR count). The summed E-state index contributed by atoms with van der Waals surface area (Å²) in [4.78, 5) is 154. The van der Waals surface area contributed by atoms with Crippen LogP contribution in [0, 0.1) is 23.7 Å². The number of nitrogens with zero attached hydrogens (tertiary/aromatic N) is 10. The van der Waals surface area contributed by atoms with E-state index in [2.05, 4.69) is 10.2 Å². The third kappa shape index (κ3) is 20.3. The minimum atomic E-state index is -1.61. The van der Waals surface area contributed by atoms with Gasteiger partial charge in [0.1, 0.15) is 24.2 Å². The Hall–Kier alpha value is -8.44. The largest absolute Gasteiger partial charge is 0.451 e. The molecule has 5 heterocycles. The second-order valence-corrected chi connectivity index (χ2v) is 28.0. The van der Waals surface area contributed by atoms with Crippen LogP contribution in [0.5, 0.6) is 0 Å². The molecule has 24 nitrogen and oxygen atoms in total. The van der Waals surface area contributed by atoms with E-state index in [0.717, 1.165) is 69.3 Å². The Labute approximate surface area is 565 Å². The van der Waals surface area contributed by atoms with Gasteiger partial charge < -0.3 is 48.3 Å². The Morgan fingerprint density at radius 3 is 1.12 bits per heavy atom. The van der Waals surface area contributed by atoms with Crippen molar-refractivity contribution in [1.82, 2.24) is 49.0 Å². The van der Waals surface area contributed by atoms with Gasteiger partial charge in [0.05, 0.1) is 36.6 Å². The van der Waals surface area contributed by atoms with Crippen molar-refractivity contribution < 1.29 is 66.9 Å². The number of piperidine rings is 2. The van der Waals surface area contributed by atoms with E-state index in [0.29, 0.717) is 55.0 Å². The number of esters is 4. The first-order chi connectivity index (χ1) is 45.5. The van der Waals surface area contributed by atoms with Crippen molar-refractivity contribution in [2.24, 2.45) is 23.7 Å². The molecule has 0 bridgehead atoms. The number of hydrogen-bond donors (Lipinski definition) is 0. The minimum absolute atomic E-state index is 0.0448. The molecule has 0 radical (unpaired) electrons. The molecule has 524 valence electrons. The molecule has 0 saturated carbocycles. The first kappa shape index (κ1) is 74.9. The van der Waals surface area contributed by atoms with Crippen LogP contribution in [-0.4, -0.2) is 211 Å². The molecular formula is C72H102N10O14. The maximum Gasteiger partial charge on any atom is 0.329 e. The lowest BCUT2D eigenvalue weighted by molar-refractivity contribution is -0.176. The zero-order valence-corrected chi connectivity index (χ0v) is 58.8. The zero-order valence-electron chi connectivity index (χ0n) is 58.8. The summed E-state index contributed by atoms with van der Waals surface area (Å²) in [6.07, 6.45) is 6.02. The number of likely N-dealkylation sites (tertiary alicyclic amines) is 2. The van der Waals surface area contributed by atoms with Crippen LogP contribution in [0.25, 0.3) is 0 Å². The lowest BCUT2D eigenvalue weighted by atomic mass is 9.99. The van der Waals surface area contributed by atoms with Crippen LogP contribution in [-0.2, 0) is 83.2 Å². The third-order valence-corrected chi connectivity index (χ3v) is 18.1. The van der Waals surface area contributed by atoms with Gasteiger partial charge in [-0.2, -0.15) is 10.2 Å². The number of rotatable bonds is 18. The Kier molecular flexibility index (Phi) is 26.9. The number of carbonyl (C=O) groups excluding carboxylic acids is 10. The van der Waals surface area contributed by atoms with Gasteiger partial charge in [-0.05, 0) is 124 Å². The SMILES string of the molecule is CC(C)C[C@H]1C(=O)O[C@H](Cc2cccc(Cn3cc(C(=O)N4CCCCC4)cn3)c2)C(=O)N(C)[C@@H](CC(C)C)C(=O)O[C@H](C)C(=O)N(C)[C@@H](CC(C)C)C(=O)O[C@H](Cc2ccc(Cn3cc(C(=O)N4CCCCC4)cn3)cc2)C(=O)N(C)[C@@H](CC(C)C)C(=O)O[C@H](C)C(=O)N1C. The van der Waals surface area contributed by atoms with E-state index in [9.17, 15) is 38.4 Å². The van der Waals surface area contributed by atoms with Crippen molar-refractivity contribution in [3.63, 3.8) is 0 Å². The fourth-order valence-electron chi connectivity index (χ4n) is 12.6. The van der Waals surface area contributed by atoms with E-state index in [-0.39, 0.29) is 80.6 Å². The van der Waals surface area contributed by atoms with Crippen molar-refractivity contribution in [2.75, 3.05) is 54.4 Å². The predicted molar refractivity (Wildman–Crippen MR) is 357 cm³/mol. The highest BCUT2D eigenvalue weighted by molar-refractivity contribution is 5.96. The van der Waals surface area contributed by atoms with Crippen LogP contribution < -0.4 is 0 Å². The van der Waals surface area contributed by atoms with Gasteiger partial charge in [-0.25, -0.2) is 19.2 Å². The number of likely N-dealkylation sites (N-methyl/N-ethyl adjacent to an activating group) is 4. The molecule has 2 aromatic heterocycles. The third-order valence-electron chi connectivity index (χ3n) is 18.1. The standard InChI is InChI=1S/C72H102N10O14/c1-45(2)32-57-69(89)93-50(10)64(84)76(12)60(35-48(7)8)72(92)96-62(38-53-22-21-23-54(36-53)42-82-44-56(40-74-82)66(86)80-30-19-16-20-31-80)68(88)78(14)58(33-46(3)4)70(90)94-49(9)63(83)75(11)59(34-47(5)6)71(91)95-61(67(87)77(57)13)37-51-24-26-52(27-25-51)41-81-43-55(39-73-81)65(85)79-28-17-15-18-29-79/h21-27,36,39-40,43-50,57-62H,15-20,28-35,37-38,41-42H2,1-14H3/t49-,50-,57+,58+,59+,60+,61-,62-/m1/s1. The highest BCUT2D eigenvalue weighted by Crippen LogP contribution is 2.26. The van der Waals surface area contributed by atoms with E-state index in [1.807, 2.05) is 89.5 Å². The lowest BCUT2D eigenvalue weighted by Gasteiger charge is -2.35. The molecule has 3 saturated heterocycles. The summed E-state index contributed by atoms with van der Waals surface area (Å²) in [6.45, 7) is 20.8. The van der Waals surface area contributed by atoms with Gasteiger partial charge in [-0.3, -0.25) is 38.1 Å². The Morgan fingerprint density at radius 2 is 0.750 bits per heavy atom. The second-order valence-electron chi connectivity index (χ2n) is 28.0. The Morgan fingerprint density at radius 1 is 0.427 bits per heavy atom. The topological polar surface area (TPSA) is 263 Å². The van der Waals surface area contributed by atoms with Crippen LogP contribution in [0.4, 0.5) is 0 Å². The number of carbonyl (C=O) groups is 10. The molecule has 0 spiro atoms. The molecule has 3 aliphatic rings. The molecule has 0 N–H and O–H groups in total. The molecular weight excluding hydrogens is 1230 g/mol. The number of aromatic nitrogens is 4. The molecule has 96 heavy (non-hydrogen) atoms. The van der Waals surface area contributed by atoms with E-state index >= 15 is 9.59 Å². The van der Waals surface area contributed by atoms with E-state index in [4.69, 9.17) is 18.9 Å². The van der Waals surface area contributed by atoms with Gasteiger partial charge in [-0.15, -0.1) is 0 Å². The quantitative estimate of drug-likeness (QED) is 0.0693. The molecule has 2 aromatic carbocycles. The monoisotopic (exact) mass is 1330 g/mol. The molecule has 3 aliphatic heterocycles. The minimum Gasteiger partial charge on any atom is -0.451 e. The van der Waals surface area contributed by atoms with Gasteiger partial charge in [0.2, 0.25) is 0 Å². The molecule has 3 fully saturated rings. The number of amides is 6. The second kappa shape index (κ2) is 34.5. The van der Waals surface area contributed by atoms with E-state index in [1.54, 1.807) is 58.4 Å².